The summed E-state index contributed by atoms with van der Waals surface area (Å²) < 4.78 is 30.7. The standard InChI is InChI=1S/C6H5Cl2NO3S/c7-9(8)5-2-1-3-6(4-5)13(10,11)12/h1-4H,(H,10,11,12). The summed E-state index contributed by atoms with van der Waals surface area (Å²) in [5.74, 6) is 0. The molecule has 0 radical (unpaired) electrons. The van der Waals surface area contributed by atoms with Gasteiger partial charge in [0, 0.05) is 23.6 Å². The summed E-state index contributed by atoms with van der Waals surface area (Å²) in [4.78, 5) is -0.253. The normalized spacial score (nSPS) is 11.3. The summed E-state index contributed by atoms with van der Waals surface area (Å²) in [5.41, 5.74) is 0.262. The first-order chi connectivity index (χ1) is 5.91. The predicted octanol–water partition coefficient (Wildman–Crippen LogP) is 2.05. The van der Waals surface area contributed by atoms with Crippen LogP contribution in [-0.4, -0.2) is 13.0 Å². The minimum atomic E-state index is -4.20. The molecule has 72 valence electrons. The van der Waals surface area contributed by atoms with Crippen molar-refractivity contribution < 1.29 is 13.0 Å². The van der Waals surface area contributed by atoms with Crippen LogP contribution in [0.2, 0.25) is 0 Å². The van der Waals surface area contributed by atoms with Gasteiger partial charge in [0.1, 0.15) is 0 Å². The van der Waals surface area contributed by atoms with Crippen LogP contribution in [0.1, 0.15) is 0 Å². The summed E-state index contributed by atoms with van der Waals surface area (Å²) in [6.45, 7) is 0. The van der Waals surface area contributed by atoms with Crippen molar-refractivity contribution in [3.63, 3.8) is 0 Å². The molecule has 0 bridgehead atoms. The van der Waals surface area contributed by atoms with E-state index in [1.54, 1.807) is 0 Å². The molecule has 0 amide bonds. The molecule has 1 N–H and O–H groups in total. The van der Waals surface area contributed by atoms with E-state index >= 15 is 0 Å². The Kier molecular flexibility index (Phi) is 3.02. The van der Waals surface area contributed by atoms with E-state index in [0.717, 1.165) is 6.07 Å². The van der Waals surface area contributed by atoms with Gasteiger partial charge in [-0.2, -0.15) is 12.4 Å². The van der Waals surface area contributed by atoms with E-state index in [1.807, 2.05) is 0 Å². The van der Waals surface area contributed by atoms with E-state index in [4.69, 9.17) is 28.1 Å². The molecule has 0 aliphatic heterocycles. The van der Waals surface area contributed by atoms with Crippen LogP contribution < -0.4 is 3.94 Å². The van der Waals surface area contributed by atoms with Gasteiger partial charge in [0.15, 0.2) is 0 Å². The molecule has 0 saturated carbocycles. The molecule has 0 heterocycles. The maximum Gasteiger partial charge on any atom is 0.294 e. The van der Waals surface area contributed by atoms with Gasteiger partial charge in [-0.15, -0.1) is 0 Å². The Morgan fingerprint density at radius 1 is 1.31 bits per heavy atom. The first kappa shape index (κ1) is 10.6. The number of hydrogen-bond donors (Lipinski definition) is 1. The Balaban J connectivity index is 3.21. The summed E-state index contributed by atoms with van der Waals surface area (Å²) in [6, 6.07) is 5.29. The molecule has 1 aromatic carbocycles. The fraction of sp³-hybridized carbons (Fsp3) is 0. The van der Waals surface area contributed by atoms with Crippen molar-refractivity contribution in [2.24, 2.45) is 0 Å². The van der Waals surface area contributed by atoms with Crippen LogP contribution in [-0.2, 0) is 10.1 Å². The zero-order valence-corrected chi connectivity index (χ0v) is 8.51. The number of benzene rings is 1. The zero-order valence-electron chi connectivity index (χ0n) is 6.18. The number of nitrogens with zero attached hydrogens (tertiary/aromatic N) is 1. The molecule has 0 aliphatic carbocycles. The maximum absolute atomic E-state index is 10.7. The Morgan fingerprint density at radius 2 is 1.92 bits per heavy atom. The van der Waals surface area contributed by atoms with Gasteiger partial charge < -0.3 is 0 Å². The van der Waals surface area contributed by atoms with Crippen molar-refractivity contribution in [2.75, 3.05) is 3.94 Å². The summed E-state index contributed by atoms with van der Waals surface area (Å²) >= 11 is 10.7. The van der Waals surface area contributed by atoms with E-state index in [9.17, 15) is 8.42 Å². The van der Waals surface area contributed by atoms with Crippen LogP contribution in [0, 0.1) is 0 Å². The first-order valence-electron chi connectivity index (χ1n) is 3.10. The summed E-state index contributed by atoms with van der Waals surface area (Å²) in [7, 11) is -4.20. The number of halogens is 2. The van der Waals surface area contributed by atoms with E-state index in [0.29, 0.717) is 3.94 Å². The Labute approximate surface area is 85.6 Å². The van der Waals surface area contributed by atoms with Crippen molar-refractivity contribution in [1.82, 2.24) is 0 Å². The molecule has 4 nitrogen and oxygen atoms in total. The number of anilines is 1. The summed E-state index contributed by atoms with van der Waals surface area (Å²) in [5, 5.41) is 0. The van der Waals surface area contributed by atoms with Gasteiger partial charge in [-0.05, 0) is 18.2 Å². The molecular formula is C6H5Cl2NO3S. The van der Waals surface area contributed by atoms with Crippen LogP contribution in [0.25, 0.3) is 0 Å². The average molecular weight is 242 g/mol. The fourth-order valence-electron chi connectivity index (χ4n) is 0.749. The second-order valence-corrected chi connectivity index (χ2v) is 4.48. The highest BCUT2D eigenvalue weighted by molar-refractivity contribution is 7.85. The molecule has 0 atom stereocenters. The maximum atomic E-state index is 10.7. The Hall–Kier alpha value is -0.490. The number of hydrogen-bond acceptors (Lipinski definition) is 3. The third-order valence-corrected chi connectivity index (χ3v) is 2.55. The molecule has 0 aromatic heterocycles. The largest absolute Gasteiger partial charge is 0.294 e. The average Bonchev–Trinajstić information content (AvgIpc) is 2.03. The lowest BCUT2D eigenvalue weighted by atomic mass is 10.3. The van der Waals surface area contributed by atoms with E-state index < -0.39 is 10.1 Å². The van der Waals surface area contributed by atoms with Crippen LogP contribution in [0.4, 0.5) is 5.69 Å². The van der Waals surface area contributed by atoms with Crippen LogP contribution in [0.3, 0.4) is 0 Å². The van der Waals surface area contributed by atoms with Gasteiger partial charge in [0.2, 0.25) is 0 Å². The van der Waals surface area contributed by atoms with Gasteiger partial charge in [-0.3, -0.25) is 4.55 Å². The molecular weight excluding hydrogens is 237 g/mol. The van der Waals surface area contributed by atoms with Crippen molar-refractivity contribution in [1.29, 1.82) is 0 Å². The molecule has 13 heavy (non-hydrogen) atoms. The smallest absolute Gasteiger partial charge is 0.282 e. The van der Waals surface area contributed by atoms with Gasteiger partial charge in [-0.1, -0.05) is 6.07 Å². The molecule has 1 rings (SSSR count). The topological polar surface area (TPSA) is 57.6 Å². The number of rotatable bonds is 2. The predicted molar refractivity (Wildman–Crippen MR) is 50.4 cm³/mol. The Morgan fingerprint density at radius 3 is 2.38 bits per heavy atom. The van der Waals surface area contributed by atoms with Crippen molar-refractivity contribution >= 4 is 39.4 Å². The Bertz CT molecular complexity index is 404. The van der Waals surface area contributed by atoms with Gasteiger partial charge in [0.05, 0.1) is 10.6 Å². The minimum Gasteiger partial charge on any atom is -0.282 e. The lowest BCUT2D eigenvalue weighted by Crippen LogP contribution is -1.99. The van der Waals surface area contributed by atoms with E-state index in [-0.39, 0.29) is 10.6 Å². The van der Waals surface area contributed by atoms with Gasteiger partial charge in [0.25, 0.3) is 10.1 Å². The van der Waals surface area contributed by atoms with E-state index in [2.05, 4.69) is 0 Å². The first-order valence-corrected chi connectivity index (χ1v) is 5.22. The van der Waals surface area contributed by atoms with Gasteiger partial charge >= 0.3 is 0 Å². The second-order valence-electron chi connectivity index (χ2n) is 2.21. The third-order valence-electron chi connectivity index (χ3n) is 1.31. The highest BCUT2D eigenvalue weighted by atomic mass is 35.5. The molecule has 1 aromatic rings. The van der Waals surface area contributed by atoms with Gasteiger partial charge in [-0.25, -0.2) is 0 Å². The minimum absolute atomic E-state index is 0.253. The molecule has 0 aliphatic rings. The molecule has 7 heteroatoms. The molecule has 0 unspecified atom stereocenters. The SMILES string of the molecule is O=S(=O)(O)c1cccc(N(Cl)Cl)c1. The lowest BCUT2D eigenvalue weighted by molar-refractivity contribution is 0.483. The quantitative estimate of drug-likeness (QED) is 0.636. The lowest BCUT2D eigenvalue weighted by Gasteiger charge is -2.05. The molecule has 0 spiro atoms. The highest BCUT2D eigenvalue weighted by Crippen LogP contribution is 2.22. The van der Waals surface area contributed by atoms with Crippen LogP contribution in [0.15, 0.2) is 29.2 Å². The van der Waals surface area contributed by atoms with E-state index in [1.165, 1.54) is 18.2 Å². The zero-order chi connectivity index (χ0) is 10.1. The monoisotopic (exact) mass is 241 g/mol. The second kappa shape index (κ2) is 3.71. The van der Waals surface area contributed by atoms with Crippen LogP contribution >= 0.6 is 23.6 Å². The molecule has 0 saturated heterocycles. The fourth-order valence-corrected chi connectivity index (χ4v) is 1.48. The van der Waals surface area contributed by atoms with Crippen molar-refractivity contribution in [2.45, 2.75) is 4.90 Å². The van der Waals surface area contributed by atoms with Crippen molar-refractivity contribution in [3.8, 4) is 0 Å². The highest BCUT2D eigenvalue weighted by Gasteiger charge is 2.10. The van der Waals surface area contributed by atoms with Crippen LogP contribution in [0.5, 0.6) is 0 Å². The molecule has 0 fully saturated rings. The third kappa shape index (κ3) is 2.73. The summed E-state index contributed by atoms with van der Waals surface area (Å²) in [6.07, 6.45) is 0. The van der Waals surface area contributed by atoms with Crippen molar-refractivity contribution in [3.05, 3.63) is 24.3 Å².